The Morgan fingerprint density at radius 1 is 1.19 bits per heavy atom. The summed E-state index contributed by atoms with van der Waals surface area (Å²) in [5.74, 6) is 0. The Bertz CT molecular complexity index is 886. The number of rotatable bonds is 3. The van der Waals surface area contributed by atoms with E-state index in [1.54, 1.807) is 18.5 Å². The van der Waals surface area contributed by atoms with Crippen molar-refractivity contribution in [2.24, 2.45) is 5.73 Å². The Balaban J connectivity index is 2.14. The lowest BCUT2D eigenvalue weighted by molar-refractivity contribution is 0.819. The third-order valence-electron chi connectivity index (χ3n) is 3.35. The number of fused-ring (bicyclic) bond motifs is 1. The Morgan fingerprint density at radius 3 is 2.81 bits per heavy atom. The lowest BCUT2D eigenvalue weighted by Crippen LogP contribution is -2.17. The topological polar surface area (TPSA) is 60.9 Å². The summed E-state index contributed by atoms with van der Waals surface area (Å²) < 4.78 is 2.00. The van der Waals surface area contributed by atoms with E-state index in [0.29, 0.717) is 17.6 Å². The zero-order valence-corrected chi connectivity index (χ0v) is 12.0. The zero-order valence-electron chi connectivity index (χ0n) is 11.2. The predicted molar refractivity (Wildman–Crippen MR) is 87.4 cm³/mol. The van der Waals surface area contributed by atoms with Gasteiger partial charge in [-0.3, -0.25) is 9.78 Å². The summed E-state index contributed by atoms with van der Waals surface area (Å²) in [7, 11) is 0. The van der Waals surface area contributed by atoms with Gasteiger partial charge in [0.25, 0.3) is 0 Å². The molecule has 1 aromatic carbocycles. The molecule has 0 aliphatic rings. The smallest absolute Gasteiger partial charge is 0.189 e. The Morgan fingerprint density at radius 2 is 2.00 bits per heavy atom. The number of nitrogens with zero attached hydrogens (tertiary/aromatic N) is 2. The fourth-order valence-electron chi connectivity index (χ4n) is 2.37. The highest BCUT2D eigenvalue weighted by Crippen LogP contribution is 2.13. The van der Waals surface area contributed by atoms with E-state index >= 15 is 0 Å². The van der Waals surface area contributed by atoms with Gasteiger partial charge in [-0.05, 0) is 18.2 Å². The van der Waals surface area contributed by atoms with Crippen molar-refractivity contribution in [3.63, 3.8) is 0 Å². The van der Waals surface area contributed by atoms with Crippen molar-refractivity contribution in [1.82, 2.24) is 9.55 Å². The molecule has 2 N–H and O–H groups in total. The summed E-state index contributed by atoms with van der Waals surface area (Å²) in [5, 5.41) is 0.695. The Hall–Kier alpha value is -2.53. The minimum atomic E-state index is 0.0163. The molecule has 3 rings (SSSR count). The van der Waals surface area contributed by atoms with Crippen molar-refractivity contribution in [1.29, 1.82) is 0 Å². The lowest BCUT2D eigenvalue weighted by Gasteiger charge is -2.12. The van der Waals surface area contributed by atoms with Crippen LogP contribution in [0.15, 0.2) is 59.7 Å². The van der Waals surface area contributed by atoms with Crippen molar-refractivity contribution >= 4 is 28.1 Å². The van der Waals surface area contributed by atoms with Crippen LogP contribution in [0.3, 0.4) is 0 Å². The molecule has 0 bridgehead atoms. The van der Waals surface area contributed by atoms with E-state index in [1.807, 2.05) is 41.0 Å². The van der Waals surface area contributed by atoms with Crippen molar-refractivity contribution in [2.45, 2.75) is 6.54 Å². The van der Waals surface area contributed by atoms with Crippen molar-refractivity contribution < 1.29 is 0 Å². The van der Waals surface area contributed by atoms with Crippen LogP contribution in [0.5, 0.6) is 0 Å². The van der Waals surface area contributed by atoms with E-state index in [4.69, 9.17) is 18.0 Å². The molecule has 0 unspecified atom stereocenters. The largest absolute Gasteiger partial charge is 0.388 e. The molecule has 2 heterocycles. The molecule has 0 atom stereocenters. The van der Waals surface area contributed by atoms with Gasteiger partial charge in [-0.25, -0.2) is 0 Å². The second kappa shape index (κ2) is 5.46. The van der Waals surface area contributed by atoms with E-state index in [2.05, 4.69) is 4.98 Å². The number of aromatic nitrogens is 2. The van der Waals surface area contributed by atoms with E-state index in [9.17, 15) is 4.79 Å². The quantitative estimate of drug-likeness (QED) is 0.752. The first-order chi connectivity index (χ1) is 10.2. The molecule has 4 nitrogen and oxygen atoms in total. The van der Waals surface area contributed by atoms with Gasteiger partial charge < -0.3 is 10.3 Å². The fourth-order valence-corrected chi connectivity index (χ4v) is 2.55. The third-order valence-corrected chi connectivity index (χ3v) is 3.54. The predicted octanol–water partition coefficient (Wildman–Crippen LogP) is 2.08. The second-order valence-corrected chi connectivity index (χ2v) is 5.14. The van der Waals surface area contributed by atoms with Crippen molar-refractivity contribution in [3.05, 3.63) is 76.3 Å². The molecule has 3 aromatic rings. The molecule has 0 radical (unpaired) electrons. The van der Waals surface area contributed by atoms with Gasteiger partial charge in [0.05, 0.1) is 5.52 Å². The summed E-state index contributed by atoms with van der Waals surface area (Å²) in [5.41, 5.74) is 8.16. The monoisotopic (exact) mass is 295 g/mol. The summed E-state index contributed by atoms with van der Waals surface area (Å²) >= 11 is 5.04. The second-order valence-electron chi connectivity index (χ2n) is 4.70. The van der Waals surface area contributed by atoms with E-state index in [-0.39, 0.29) is 10.4 Å². The SMILES string of the molecule is NC(=S)c1ncccc1Cn1ccc(=O)c2ccccc21. The molecule has 0 aliphatic heterocycles. The molecule has 0 saturated carbocycles. The highest BCUT2D eigenvalue weighted by atomic mass is 32.1. The maximum atomic E-state index is 11.9. The highest BCUT2D eigenvalue weighted by molar-refractivity contribution is 7.80. The average molecular weight is 295 g/mol. The molecule has 0 fully saturated rings. The van der Waals surface area contributed by atoms with Crippen LogP contribution in [-0.4, -0.2) is 14.5 Å². The van der Waals surface area contributed by atoms with Crippen LogP contribution >= 0.6 is 12.2 Å². The number of pyridine rings is 2. The van der Waals surface area contributed by atoms with E-state index < -0.39 is 0 Å². The summed E-state index contributed by atoms with van der Waals surface area (Å²) in [4.78, 5) is 16.4. The molecule has 21 heavy (non-hydrogen) atoms. The van der Waals surface area contributed by atoms with Gasteiger partial charge in [0.1, 0.15) is 10.7 Å². The normalized spacial score (nSPS) is 10.7. The van der Waals surface area contributed by atoms with Gasteiger partial charge in [-0.2, -0.15) is 0 Å². The number of hydrogen-bond donors (Lipinski definition) is 1. The maximum absolute atomic E-state index is 11.9. The van der Waals surface area contributed by atoms with E-state index in [1.165, 1.54) is 0 Å². The molecular formula is C16H13N3OS. The first kappa shape index (κ1) is 13.5. The Kier molecular flexibility index (Phi) is 3.50. The average Bonchev–Trinajstić information content (AvgIpc) is 2.51. The highest BCUT2D eigenvalue weighted by Gasteiger charge is 2.08. The van der Waals surface area contributed by atoms with Gasteiger partial charge in [0, 0.05) is 36.0 Å². The van der Waals surface area contributed by atoms with Crippen LogP contribution < -0.4 is 11.2 Å². The number of thiocarbonyl (C=S) groups is 1. The van der Waals surface area contributed by atoms with Gasteiger partial charge in [0.2, 0.25) is 0 Å². The summed E-state index contributed by atoms with van der Waals surface area (Å²) in [6.07, 6.45) is 3.45. The van der Waals surface area contributed by atoms with Crippen LogP contribution in [0, 0.1) is 0 Å². The lowest BCUT2D eigenvalue weighted by atomic mass is 10.1. The van der Waals surface area contributed by atoms with E-state index in [0.717, 1.165) is 11.1 Å². The van der Waals surface area contributed by atoms with Crippen LogP contribution in [-0.2, 0) is 6.54 Å². The van der Waals surface area contributed by atoms with Gasteiger partial charge in [-0.1, -0.05) is 30.4 Å². The fraction of sp³-hybridized carbons (Fsp3) is 0.0625. The molecule has 0 saturated heterocycles. The molecule has 0 amide bonds. The van der Waals surface area contributed by atoms with Gasteiger partial charge in [-0.15, -0.1) is 0 Å². The maximum Gasteiger partial charge on any atom is 0.189 e. The first-order valence-corrected chi connectivity index (χ1v) is 6.89. The zero-order chi connectivity index (χ0) is 14.8. The molecule has 2 aromatic heterocycles. The molecule has 104 valence electrons. The standard InChI is InChI=1S/C16H13N3OS/c17-16(21)15-11(4-3-8-18-15)10-19-9-7-14(20)12-5-1-2-6-13(12)19/h1-9H,10H2,(H2,17,21). The molecule has 0 aliphatic carbocycles. The van der Waals surface area contributed by atoms with Crippen LogP contribution in [0.25, 0.3) is 10.9 Å². The van der Waals surface area contributed by atoms with Gasteiger partial charge >= 0.3 is 0 Å². The summed E-state index contributed by atoms with van der Waals surface area (Å²) in [6, 6.07) is 12.9. The number of para-hydroxylation sites is 1. The van der Waals surface area contributed by atoms with Crippen molar-refractivity contribution in [2.75, 3.05) is 0 Å². The molecule has 0 spiro atoms. The summed E-state index contributed by atoms with van der Waals surface area (Å²) in [6.45, 7) is 0.557. The number of benzene rings is 1. The molecule has 5 heteroatoms. The number of hydrogen-bond acceptors (Lipinski definition) is 3. The number of nitrogens with two attached hydrogens (primary N) is 1. The first-order valence-electron chi connectivity index (χ1n) is 6.49. The Labute approximate surface area is 126 Å². The van der Waals surface area contributed by atoms with Gasteiger partial charge in [0.15, 0.2) is 5.43 Å². The minimum Gasteiger partial charge on any atom is -0.388 e. The molecular weight excluding hydrogens is 282 g/mol. The third kappa shape index (κ3) is 2.55. The van der Waals surface area contributed by atoms with Crippen molar-refractivity contribution in [3.8, 4) is 0 Å². The van der Waals surface area contributed by atoms with Crippen LogP contribution in [0.2, 0.25) is 0 Å². The van der Waals surface area contributed by atoms with Crippen LogP contribution in [0.4, 0.5) is 0 Å². The minimum absolute atomic E-state index is 0.0163. The van der Waals surface area contributed by atoms with Crippen LogP contribution in [0.1, 0.15) is 11.3 Å².